The second kappa shape index (κ2) is 10.8. The Balaban J connectivity index is 1.62. The highest BCUT2D eigenvalue weighted by Crippen LogP contribution is 2.36. The maximum atomic E-state index is 13.2. The van der Waals surface area contributed by atoms with Crippen LogP contribution in [0, 0.1) is 0 Å². The maximum Gasteiger partial charge on any atom is 0.418 e. The highest BCUT2D eigenvalue weighted by atomic mass is 35.5. The lowest BCUT2D eigenvalue weighted by Crippen LogP contribution is -2.23. The minimum Gasteiger partial charge on any atom is -0.452 e. The van der Waals surface area contributed by atoms with Gasteiger partial charge in [0.05, 0.1) is 28.9 Å². The summed E-state index contributed by atoms with van der Waals surface area (Å²) in [5, 5.41) is 4.53. The van der Waals surface area contributed by atoms with Crippen molar-refractivity contribution in [2.24, 2.45) is 0 Å². The molecule has 3 rings (SSSR count). The van der Waals surface area contributed by atoms with Crippen LogP contribution in [0.5, 0.6) is 0 Å². The number of anilines is 2. The average Bonchev–Trinajstić information content (AvgIpc) is 2.79. The molecule has 0 aromatic heterocycles. The number of carbonyl (C=O) groups excluding carboxylic acids is 3. The zero-order valence-corrected chi connectivity index (χ0v) is 18.2. The first-order chi connectivity index (χ1) is 16.1. The van der Waals surface area contributed by atoms with Gasteiger partial charge >= 0.3 is 12.1 Å². The smallest absolute Gasteiger partial charge is 0.418 e. The van der Waals surface area contributed by atoms with Crippen molar-refractivity contribution in [3.05, 3.63) is 94.5 Å². The number of esters is 1. The number of nitrogens with one attached hydrogen (secondary N) is 2. The monoisotopic (exact) mass is 490 g/mol. The second-order valence-electron chi connectivity index (χ2n) is 7.07. The van der Waals surface area contributed by atoms with E-state index in [9.17, 15) is 27.6 Å². The van der Waals surface area contributed by atoms with E-state index in [2.05, 4.69) is 10.6 Å². The van der Waals surface area contributed by atoms with Crippen LogP contribution in [0.2, 0.25) is 5.02 Å². The van der Waals surface area contributed by atoms with E-state index in [1.165, 1.54) is 24.3 Å². The molecule has 0 bridgehead atoms. The number of hydrogen-bond donors (Lipinski definition) is 2. The molecule has 176 valence electrons. The lowest BCUT2D eigenvalue weighted by atomic mass is 10.1. The summed E-state index contributed by atoms with van der Waals surface area (Å²) < 4.78 is 44.5. The molecule has 0 atom stereocenters. The number of ether oxygens (including phenoxy) is 1. The number of benzene rings is 3. The summed E-state index contributed by atoms with van der Waals surface area (Å²) in [6, 6.07) is 17.8. The van der Waals surface area contributed by atoms with E-state index in [1.54, 1.807) is 30.3 Å². The van der Waals surface area contributed by atoms with E-state index in [4.69, 9.17) is 16.3 Å². The predicted octanol–water partition coefficient (Wildman–Crippen LogP) is 5.34. The van der Waals surface area contributed by atoms with Gasteiger partial charge in [-0.15, -0.1) is 0 Å². The van der Waals surface area contributed by atoms with Crippen LogP contribution in [0.3, 0.4) is 0 Å². The fraction of sp³-hybridized carbons (Fsp3) is 0.125. The molecule has 0 aliphatic heterocycles. The van der Waals surface area contributed by atoms with Crippen molar-refractivity contribution in [2.75, 3.05) is 17.2 Å². The fourth-order valence-electron chi connectivity index (χ4n) is 3.00. The lowest BCUT2D eigenvalue weighted by Gasteiger charge is -2.14. The Morgan fingerprint density at radius 1 is 0.824 bits per heavy atom. The molecule has 6 nitrogen and oxygen atoms in total. The molecule has 3 aromatic rings. The van der Waals surface area contributed by atoms with Crippen LogP contribution in [0.1, 0.15) is 21.5 Å². The van der Waals surface area contributed by atoms with Gasteiger partial charge in [-0.1, -0.05) is 54.1 Å². The van der Waals surface area contributed by atoms with Gasteiger partial charge in [0.15, 0.2) is 6.61 Å². The summed E-state index contributed by atoms with van der Waals surface area (Å²) >= 11 is 5.61. The predicted molar refractivity (Wildman–Crippen MR) is 121 cm³/mol. The van der Waals surface area contributed by atoms with Crippen LogP contribution in [0.4, 0.5) is 24.5 Å². The van der Waals surface area contributed by atoms with E-state index in [1.807, 2.05) is 6.07 Å². The van der Waals surface area contributed by atoms with Crippen LogP contribution in [-0.2, 0) is 26.9 Å². The summed E-state index contributed by atoms with van der Waals surface area (Å²) in [5.41, 5.74) is -0.722. The summed E-state index contributed by atoms with van der Waals surface area (Å²) in [6.07, 6.45) is -4.67. The topological polar surface area (TPSA) is 84.5 Å². The Morgan fingerprint density at radius 2 is 1.47 bits per heavy atom. The van der Waals surface area contributed by atoms with Gasteiger partial charge in [-0.2, -0.15) is 13.2 Å². The SMILES string of the molecule is O=C(Cc1ccccc1)Nc1ccccc1C(=O)OCC(=O)Nc1ccc(Cl)cc1C(F)(F)F. The molecule has 10 heteroatoms. The van der Waals surface area contributed by atoms with Gasteiger partial charge in [0.2, 0.25) is 5.91 Å². The Hall–Kier alpha value is -3.85. The molecule has 3 aromatic carbocycles. The van der Waals surface area contributed by atoms with Gasteiger partial charge < -0.3 is 15.4 Å². The van der Waals surface area contributed by atoms with Crippen molar-refractivity contribution in [2.45, 2.75) is 12.6 Å². The molecular weight excluding hydrogens is 473 g/mol. The van der Waals surface area contributed by atoms with E-state index in [-0.39, 0.29) is 28.6 Å². The molecule has 0 radical (unpaired) electrons. The van der Waals surface area contributed by atoms with Crippen molar-refractivity contribution < 1.29 is 32.3 Å². The van der Waals surface area contributed by atoms with Gasteiger partial charge in [0, 0.05) is 5.02 Å². The molecule has 0 heterocycles. The zero-order chi connectivity index (χ0) is 24.7. The summed E-state index contributed by atoms with van der Waals surface area (Å²) in [6.45, 7) is -0.842. The number of halogens is 4. The standard InChI is InChI=1S/C24H18ClF3N2O4/c25-16-10-11-20(18(13-16)24(26,27)28)30-22(32)14-34-23(33)17-8-4-5-9-19(17)29-21(31)12-15-6-2-1-3-7-15/h1-11,13H,12,14H2,(H,29,31)(H,30,32). The van der Waals surface area contributed by atoms with Crippen LogP contribution in [0.15, 0.2) is 72.8 Å². The van der Waals surface area contributed by atoms with Crippen molar-refractivity contribution in [3.8, 4) is 0 Å². The molecule has 0 aliphatic carbocycles. The fourth-order valence-corrected chi connectivity index (χ4v) is 3.17. The van der Waals surface area contributed by atoms with Crippen molar-refractivity contribution in [1.82, 2.24) is 0 Å². The van der Waals surface area contributed by atoms with Crippen LogP contribution >= 0.6 is 11.6 Å². The van der Waals surface area contributed by atoms with Crippen molar-refractivity contribution in [3.63, 3.8) is 0 Å². The Bertz CT molecular complexity index is 1200. The molecule has 0 aliphatic rings. The average molecular weight is 491 g/mol. The number of alkyl halides is 3. The first-order valence-electron chi connectivity index (χ1n) is 9.90. The summed E-state index contributed by atoms with van der Waals surface area (Å²) in [4.78, 5) is 36.9. The van der Waals surface area contributed by atoms with E-state index in [0.29, 0.717) is 6.07 Å². The minimum absolute atomic E-state index is 0.0146. The zero-order valence-electron chi connectivity index (χ0n) is 17.5. The number of carbonyl (C=O) groups is 3. The highest BCUT2D eigenvalue weighted by Gasteiger charge is 2.34. The van der Waals surface area contributed by atoms with Crippen LogP contribution < -0.4 is 10.6 Å². The van der Waals surface area contributed by atoms with E-state index < -0.39 is 35.9 Å². The molecule has 2 amide bonds. The molecule has 2 N–H and O–H groups in total. The molecule has 0 fully saturated rings. The molecular formula is C24H18ClF3N2O4. The van der Waals surface area contributed by atoms with E-state index >= 15 is 0 Å². The largest absolute Gasteiger partial charge is 0.452 e. The molecule has 34 heavy (non-hydrogen) atoms. The van der Waals surface area contributed by atoms with Gasteiger partial charge in [-0.3, -0.25) is 9.59 Å². The van der Waals surface area contributed by atoms with Crippen LogP contribution in [0.25, 0.3) is 0 Å². The Labute approximate surface area is 197 Å². The van der Waals surface area contributed by atoms with Crippen LogP contribution in [-0.4, -0.2) is 24.4 Å². The number of rotatable bonds is 7. The molecule has 0 spiro atoms. The summed E-state index contributed by atoms with van der Waals surface area (Å²) in [5.74, 6) is -2.28. The number of amides is 2. The number of para-hydroxylation sites is 1. The third-order valence-corrected chi connectivity index (χ3v) is 4.76. The van der Waals surface area contributed by atoms with Crippen molar-refractivity contribution >= 4 is 40.8 Å². The third-order valence-electron chi connectivity index (χ3n) is 4.52. The summed E-state index contributed by atoms with van der Waals surface area (Å²) in [7, 11) is 0. The van der Waals surface area contributed by atoms with Gasteiger partial charge in [0.25, 0.3) is 5.91 Å². The lowest BCUT2D eigenvalue weighted by molar-refractivity contribution is -0.137. The Kier molecular flexibility index (Phi) is 7.91. The molecule has 0 saturated carbocycles. The second-order valence-corrected chi connectivity index (χ2v) is 7.50. The van der Waals surface area contributed by atoms with Gasteiger partial charge in [-0.05, 0) is 35.9 Å². The number of hydrogen-bond acceptors (Lipinski definition) is 4. The highest BCUT2D eigenvalue weighted by molar-refractivity contribution is 6.30. The third kappa shape index (κ3) is 6.82. The maximum absolute atomic E-state index is 13.2. The molecule has 0 unspecified atom stereocenters. The molecule has 0 saturated heterocycles. The van der Waals surface area contributed by atoms with Gasteiger partial charge in [0.1, 0.15) is 0 Å². The van der Waals surface area contributed by atoms with Crippen molar-refractivity contribution in [1.29, 1.82) is 0 Å². The minimum atomic E-state index is -4.75. The first-order valence-corrected chi connectivity index (χ1v) is 10.3. The van der Waals surface area contributed by atoms with Gasteiger partial charge in [-0.25, -0.2) is 4.79 Å². The quantitative estimate of drug-likeness (QED) is 0.438. The Morgan fingerprint density at radius 3 is 2.18 bits per heavy atom. The normalized spacial score (nSPS) is 10.9. The van der Waals surface area contributed by atoms with E-state index in [0.717, 1.165) is 11.6 Å². The first kappa shape index (κ1) is 24.8.